The molecule has 148 valence electrons. The average Bonchev–Trinajstić information content (AvgIpc) is 3.23. The lowest BCUT2D eigenvalue weighted by molar-refractivity contribution is -0.138. The van der Waals surface area contributed by atoms with E-state index >= 15 is 0 Å². The van der Waals surface area contributed by atoms with E-state index in [9.17, 15) is 14.4 Å². The zero-order valence-electron chi connectivity index (χ0n) is 16.2. The van der Waals surface area contributed by atoms with Crippen LogP contribution in [0.15, 0.2) is 60.0 Å². The van der Waals surface area contributed by atoms with E-state index in [1.54, 1.807) is 42.3 Å². The summed E-state index contributed by atoms with van der Waals surface area (Å²) >= 11 is 1.63. The number of carbonyl (C=O) groups is 3. The van der Waals surface area contributed by atoms with Gasteiger partial charge in [-0.1, -0.05) is 48.5 Å². The maximum absolute atomic E-state index is 13.0. The molecule has 4 amide bonds. The Hall–Kier alpha value is -3.19. The van der Waals surface area contributed by atoms with Gasteiger partial charge in [-0.15, -0.1) is 11.3 Å². The van der Waals surface area contributed by atoms with Crippen molar-refractivity contribution in [3.8, 4) is 0 Å². The van der Waals surface area contributed by atoms with Crippen molar-refractivity contribution in [2.75, 3.05) is 13.6 Å². The minimum absolute atomic E-state index is 0.286. The molecular formula is C22H21N3O3S. The summed E-state index contributed by atoms with van der Waals surface area (Å²) in [5.41, 5.74) is 0.569. The van der Waals surface area contributed by atoms with E-state index in [0.717, 1.165) is 20.5 Å². The molecule has 3 aromatic rings. The van der Waals surface area contributed by atoms with Gasteiger partial charge in [0.15, 0.2) is 0 Å². The van der Waals surface area contributed by atoms with Gasteiger partial charge in [0.2, 0.25) is 5.91 Å². The molecule has 1 saturated heterocycles. The molecule has 7 heteroatoms. The zero-order valence-corrected chi connectivity index (χ0v) is 17.0. The molecule has 0 saturated carbocycles. The molecule has 1 aliphatic rings. The fourth-order valence-corrected chi connectivity index (χ4v) is 4.52. The van der Waals surface area contributed by atoms with Crippen LogP contribution < -0.4 is 5.32 Å². The summed E-state index contributed by atoms with van der Waals surface area (Å²) in [4.78, 5) is 40.7. The van der Waals surface area contributed by atoms with Gasteiger partial charge >= 0.3 is 6.03 Å². The number of carbonyl (C=O) groups excluding carboxylic acids is 3. The highest BCUT2D eigenvalue weighted by atomic mass is 32.1. The molecule has 0 bridgehead atoms. The number of thiophene rings is 1. The van der Waals surface area contributed by atoms with E-state index in [2.05, 4.69) is 5.32 Å². The molecule has 29 heavy (non-hydrogen) atoms. The quantitative estimate of drug-likeness (QED) is 0.660. The highest BCUT2D eigenvalue weighted by molar-refractivity contribution is 7.17. The SMILES string of the molecule is CN(Cc1csc2ccccc12)C(=O)CN1C(=O)NC(C)(c2ccccc2)C1=O. The normalized spacial score (nSPS) is 18.9. The van der Waals surface area contributed by atoms with E-state index in [1.165, 1.54) is 0 Å². The highest BCUT2D eigenvalue weighted by Gasteiger charge is 2.49. The molecule has 1 aromatic heterocycles. The third kappa shape index (κ3) is 3.38. The van der Waals surface area contributed by atoms with E-state index in [4.69, 9.17) is 0 Å². The molecule has 0 radical (unpaired) electrons. The van der Waals surface area contributed by atoms with Crippen molar-refractivity contribution in [1.29, 1.82) is 0 Å². The summed E-state index contributed by atoms with van der Waals surface area (Å²) in [6.07, 6.45) is 0. The smallest absolute Gasteiger partial charge is 0.325 e. The number of nitrogens with one attached hydrogen (secondary N) is 1. The Labute approximate surface area is 172 Å². The number of fused-ring (bicyclic) bond motifs is 1. The fourth-order valence-electron chi connectivity index (χ4n) is 3.56. The van der Waals surface area contributed by atoms with Crippen LogP contribution in [-0.2, 0) is 21.7 Å². The Morgan fingerprint density at radius 2 is 1.79 bits per heavy atom. The molecule has 6 nitrogen and oxygen atoms in total. The molecule has 4 rings (SSSR count). The molecule has 1 N–H and O–H groups in total. The van der Waals surface area contributed by atoms with Gasteiger partial charge in [-0.2, -0.15) is 0 Å². The Bertz CT molecular complexity index is 1090. The van der Waals surface area contributed by atoms with Crippen LogP contribution in [0, 0.1) is 0 Å². The van der Waals surface area contributed by atoms with Crippen LogP contribution >= 0.6 is 11.3 Å². The number of urea groups is 1. The minimum atomic E-state index is -1.17. The van der Waals surface area contributed by atoms with Crippen molar-refractivity contribution in [1.82, 2.24) is 15.1 Å². The molecule has 2 heterocycles. The fraction of sp³-hybridized carbons (Fsp3) is 0.227. The molecule has 0 aliphatic carbocycles. The number of amides is 4. The monoisotopic (exact) mass is 407 g/mol. The van der Waals surface area contributed by atoms with Gasteiger partial charge in [-0.3, -0.25) is 14.5 Å². The van der Waals surface area contributed by atoms with E-state index < -0.39 is 17.5 Å². The summed E-state index contributed by atoms with van der Waals surface area (Å²) in [6.45, 7) is 1.79. The summed E-state index contributed by atoms with van der Waals surface area (Å²) in [5, 5.41) is 5.88. The average molecular weight is 407 g/mol. The Balaban J connectivity index is 1.48. The van der Waals surface area contributed by atoms with Gasteiger partial charge in [0.05, 0.1) is 0 Å². The lowest BCUT2D eigenvalue weighted by atomic mass is 9.92. The summed E-state index contributed by atoms with van der Waals surface area (Å²) in [5.74, 6) is -0.711. The lowest BCUT2D eigenvalue weighted by Gasteiger charge is -2.23. The Morgan fingerprint density at radius 1 is 1.10 bits per heavy atom. The predicted octanol–water partition coefficient (Wildman–Crippen LogP) is 3.33. The second-order valence-electron chi connectivity index (χ2n) is 7.32. The first-order valence-corrected chi connectivity index (χ1v) is 10.2. The van der Waals surface area contributed by atoms with Crippen LogP contribution in [0.25, 0.3) is 10.1 Å². The van der Waals surface area contributed by atoms with Crippen LogP contribution in [0.4, 0.5) is 4.79 Å². The first-order valence-electron chi connectivity index (χ1n) is 9.29. The Morgan fingerprint density at radius 3 is 2.55 bits per heavy atom. The topological polar surface area (TPSA) is 69.7 Å². The molecular weight excluding hydrogens is 386 g/mol. The maximum atomic E-state index is 13.0. The van der Waals surface area contributed by atoms with Gasteiger partial charge in [-0.25, -0.2) is 4.79 Å². The van der Waals surface area contributed by atoms with Gasteiger partial charge in [-0.05, 0) is 34.9 Å². The first kappa shape index (κ1) is 19.1. The lowest BCUT2D eigenvalue weighted by Crippen LogP contribution is -2.43. The van der Waals surface area contributed by atoms with Crippen molar-refractivity contribution >= 4 is 39.3 Å². The number of nitrogens with zero attached hydrogens (tertiary/aromatic N) is 2. The second-order valence-corrected chi connectivity index (χ2v) is 8.23. The van der Waals surface area contributed by atoms with Crippen LogP contribution in [0.5, 0.6) is 0 Å². The first-order chi connectivity index (χ1) is 13.9. The predicted molar refractivity (Wildman–Crippen MR) is 112 cm³/mol. The summed E-state index contributed by atoms with van der Waals surface area (Å²) in [7, 11) is 1.68. The van der Waals surface area contributed by atoms with E-state index in [-0.39, 0.29) is 12.5 Å². The number of rotatable bonds is 5. The Kier molecular flexibility index (Phi) is 4.84. The van der Waals surface area contributed by atoms with Gasteiger partial charge in [0.25, 0.3) is 5.91 Å². The number of hydrogen-bond donors (Lipinski definition) is 1. The number of benzene rings is 2. The zero-order chi connectivity index (χ0) is 20.6. The highest BCUT2D eigenvalue weighted by Crippen LogP contribution is 2.29. The third-order valence-corrected chi connectivity index (χ3v) is 6.33. The van der Waals surface area contributed by atoms with E-state index in [0.29, 0.717) is 12.1 Å². The van der Waals surface area contributed by atoms with Crippen LogP contribution in [0.1, 0.15) is 18.1 Å². The molecule has 0 spiro atoms. The maximum Gasteiger partial charge on any atom is 0.325 e. The summed E-state index contributed by atoms with van der Waals surface area (Å²) < 4.78 is 1.16. The van der Waals surface area contributed by atoms with E-state index in [1.807, 2.05) is 47.8 Å². The minimum Gasteiger partial charge on any atom is -0.340 e. The van der Waals surface area contributed by atoms with Gasteiger partial charge in [0.1, 0.15) is 12.1 Å². The van der Waals surface area contributed by atoms with Crippen molar-refractivity contribution in [3.63, 3.8) is 0 Å². The van der Waals surface area contributed by atoms with Gasteiger partial charge < -0.3 is 10.2 Å². The molecule has 1 aliphatic heterocycles. The second kappa shape index (κ2) is 7.33. The molecule has 1 unspecified atom stereocenters. The molecule has 2 aromatic carbocycles. The van der Waals surface area contributed by atoms with Crippen molar-refractivity contribution in [2.45, 2.75) is 19.0 Å². The van der Waals surface area contributed by atoms with Crippen molar-refractivity contribution in [2.24, 2.45) is 0 Å². The van der Waals surface area contributed by atoms with Crippen molar-refractivity contribution < 1.29 is 14.4 Å². The number of hydrogen-bond acceptors (Lipinski definition) is 4. The number of likely N-dealkylation sites (N-methyl/N-ethyl adjacent to an activating group) is 1. The number of imide groups is 1. The van der Waals surface area contributed by atoms with Crippen LogP contribution in [0.3, 0.4) is 0 Å². The molecule has 1 fully saturated rings. The van der Waals surface area contributed by atoms with Crippen LogP contribution in [-0.4, -0.2) is 41.2 Å². The van der Waals surface area contributed by atoms with Crippen LogP contribution in [0.2, 0.25) is 0 Å². The standard InChI is InChI=1S/C22H21N3O3S/c1-22(16-8-4-3-5-9-16)20(27)25(21(28)23-22)13-19(26)24(2)12-15-14-29-18-11-7-6-10-17(15)18/h3-11,14H,12-13H2,1-2H3,(H,23,28). The van der Waals surface area contributed by atoms with Gasteiger partial charge in [0, 0.05) is 18.3 Å². The summed E-state index contributed by atoms with van der Waals surface area (Å²) in [6, 6.07) is 16.5. The largest absolute Gasteiger partial charge is 0.340 e. The van der Waals surface area contributed by atoms with Crippen molar-refractivity contribution in [3.05, 3.63) is 71.1 Å². The molecule has 1 atom stereocenters. The third-order valence-electron chi connectivity index (χ3n) is 5.31.